The summed E-state index contributed by atoms with van der Waals surface area (Å²) in [6, 6.07) is 21.2. The molecule has 1 amide bonds. The zero-order valence-corrected chi connectivity index (χ0v) is 22.0. The first-order valence-corrected chi connectivity index (χ1v) is 12.1. The molecule has 3 aromatic carbocycles. The van der Waals surface area contributed by atoms with Crippen LogP contribution in [0.2, 0.25) is 5.02 Å². The molecule has 6 nitrogen and oxygen atoms in total. The van der Waals surface area contributed by atoms with E-state index in [1.165, 1.54) is 11.1 Å². The normalized spacial score (nSPS) is 10.8. The third kappa shape index (κ3) is 5.39. The summed E-state index contributed by atoms with van der Waals surface area (Å²) < 4.78 is 12.4. The first-order valence-electron chi connectivity index (χ1n) is 11.7. The molecular weight excluding hydrogens is 474 g/mol. The van der Waals surface area contributed by atoms with Crippen molar-refractivity contribution in [2.75, 3.05) is 27.8 Å². The number of carbonyl (C=O) groups excluding carboxylic acids is 1. The van der Waals surface area contributed by atoms with Crippen LogP contribution in [0.4, 0.5) is 0 Å². The first kappa shape index (κ1) is 25.3. The minimum atomic E-state index is -0.127. The number of amides is 1. The molecule has 0 bridgehead atoms. The Labute approximate surface area is 217 Å². The van der Waals surface area contributed by atoms with Gasteiger partial charge in [-0.15, -0.1) is 0 Å². The molecule has 7 heteroatoms. The van der Waals surface area contributed by atoms with Crippen LogP contribution in [0.1, 0.15) is 27.2 Å². The maximum absolute atomic E-state index is 13.6. The Balaban J connectivity index is 1.64. The number of carbonyl (C=O) groups is 1. The molecule has 0 radical (unpaired) electrons. The van der Waals surface area contributed by atoms with Crippen LogP contribution in [0.15, 0.2) is 66.7 Å². The number of ether oxygens (including phenoxy) is 2. The van der Waals surface area contributed by atoms with Crippen molar-refractivity contribution >= 4 is 17.5 Å². The molecule has 0 N–H and O–H groups in total. The fourth-order valence-electron chi connectivity index (χ4n) is 4.01. The smallest absolute Gasteiger partial charge is 0.272 e. The van der Waals surface area contributed by atoms with Gasteiger partial charge in [0.25, 0.3) is 5.91 Å². The van der Waals surface area contributed by atoms with Crippen LogP contribution in [0, 0.1) is 13.8 Å². The van der Waals surface area contributed by atoms with Crippen LogP contribution < -0.4 is 9.47 Å². The number of aryl methyl sites for hydroxylation is 2. The van der Waals surface area contributed by atoms with E-state index in [9.17, 15) is 4.79 Å². The van der Waals surface area contributed by atoms with Gasteiger partial charge >= 0.3 is 0 Å². The number of hydrogen-bond donors (Lipinski definition) is 0. The largest absolute Gasteiger partial charge is 0.493 e. The number of aromatic nitrogens is 2. The molecule has 0 aliphatic carbocycles. The van der Waals surface area contributed by atoms with Gasteiger partial charge in [0, 0.05) is 24.2 Å². The number of halogens is 1. The molecule has 0 aliphatic heterocycles. The molecule has 0 saturated heterocycles. The lowest BCUT2D eigenvalue weighted by Gasteiger charge is -2.18. The topological polar surface area (TPSA) is 56.6 Å². The van der Waals surface area contributed by atoms with E-state index < -0.39 is 0 Å². The summed E-state index contributed by atoms with van der Waals surface area (Å²) in [5, 5.41) is 5.39. The van der Waals surface area contributed by atoms with Crippen molar-refractivity contribution in [3.05, 3.63) is 94.1 Å². The fourth-order valence-corrected chi connectivity index (χ4v) is 4.19. The zero-order valence-electron chi connectivity index (χ0n) is 21.2. The molecule has 0 spiro atoms. The predicted molar refractivity (Wildman–Crippen MR) is 144 cm³/mol. The third-order valence-corrected chi connectivity index (χ3v) is 6.55. The number of rotatable bonds is 8. The van der Waals surface area contributed by atoms with Crippen molar-refractivity contribution in [1.82, 2.24) is 14.7 Å². The van der Waals surface area contributed by atoms with E-state index in [2.05, 4.69) is 26.0 Å². The van der Waals surface area contributed by atoms with E-state index in [1.54, 1.807) is 43.0 Å². The summed E-state index contributed by atoms with van der Waals surface area (Å²) in [5.74, 6) is 1.22. The lowest BCUT2D eigenvalue weighted by Crippen LogP contribution is -2.30. The summed E-state index contributed by atoms with van der Waals surface area (Å²) in [6.45, 7) is 4.67. The Bertz CT molecular complexity index is 1400. The summed E-state index contributed by atoms with van der Waals surface area (Å²) in [4.78, 5) is 15.3. The first-order chi connectivity index (χ1) is 17.3. The van der Waals surface area contributed by atoms with E-state index in [1.807, 2.05) is 42.5 Å². The van der Waals surface area contributed by atoms with Gasteiger partial charge < -0.3 is 14.4 Å². The van der Waals surface area contributed by atoms with E-state index in [0.29, 0.717) is 35.2 Å². The van der Waals surface area contributed by atoms with E-state index in [4.69, 9.17) is 26.2 Å². The van der Waals surface area contributed by atoms with Gasteiger partial charge in [-0.1, -0.05) is 35.9 Å². The lowest BCUT2D eigenvalue weighted by atomic mass is 10.0. The van der Waals surface area contributed by atoms with Gasteiger partial charge in [0.2, 0.25) is 0 Å². The summed E-state index contributed by atoms with van der Waals surface area (Å²) in [7, 11) is 5.02. The molecule has 186 valence electrons. The second-order valence-electron chi connectivity index (χ2n) is 8.77. The second-order valence-corrected chi connectivity index (χ2v) is 9.21. The average Bonchev–Trinajstić information content (AvgIpc) is 3.33. The van der Waals surface area contributed by atoms with Crippen molar-refractivity contribution < 1.29 is 14.3 Å². The number of hydrogen-bond acceptors (Lipinski definition) is 4. The quantitative estimate of drug-likeness (QED) is 0.290. The van der Waals surface area contributed by atoms with Crippen molar-refractivity contribution in [2.24, 2.45) is 0 Å². The highest BCUT2D eigenvalue weighted by Gasteiger charge is 2.21. The molecule has 0 fully saturated rings. The van der Waals surface area contributed by atoms with Crippen molar-refractivity contribution in [1.29, 1.82) is 0 Å². The molecule has 1 aromatic heterocycles. The zero-order chi connectivity index (χ0) is 25.8. The molecule has 0 unspecified atom stereocenters. The molecule has 4 rings (SSSR count). The highest BCUT2D eigenvalue weighted by atomic mass is 35.5. The van der Waals surface area contributed by atoms with Gasteiger partial charge in [-0.05, 0) is 79.4 Å². The molecule has 0 aliphatic rings. The number of nitrogens with zero attached hydrogens (tertiary/aromatic N) is 3. The minimum absolute atomic E-state index is 0.127. The highest BCUT2D eigenvalue weighted by Crippen LogP contribution is 2.28. The summed E-state index contributed by atoms with van der Waals surface area (Å²) in [6.07, 6.45) is 0.665. The van der Waals surface area contributed by atoms with E-state index >= 15 is 0 Å². The summed E-state index contributed by atoms with van der Waals surface area (Å²) in [5.41, 5.74) is 6.32. The molecule has 0 saturated carbocycles. The Morgan fingerprint density at radius 1 is 0.944 bits per heavy atom. The molecule has 1 heterocycles. The van der Waals surface area contributed by atoms with Crippen LogP contribution in [0.25, 0.3) is 16.9 Å². The van der Waals surface area contributed by atoms with Crippen LogP contribution in [0.3, 0.4) is 0 Å². The van der Waals surface area contributed by atoms with Gasteiger partial charge in [-0.3, -0.25) is 4.79 Å². The SMILES string of the molecule is COc1ccc(CCN(C)C(=O)c2cc(-c3ccc(C)c(C)c3)nn2-c2cccc(Cl)c2)cc1OC. The maximum atomic E-state index is 13.6. The maximum Gasteiger partial charge on any atom is 0.272 e. The standard InChI is InChI=1S/C29H30ClN3O3/c1-19-9-11-22(15-20(19)2)25-18-26(33(31-25)24-8-6-7-23(30)17-24)29(34)32(3)14-13-21-10-12-27(35-4)28(16-21)36-5/h6-12,15-18H,13-14H2,1-5H3. The van der Waals surface area contributed by atoms with Crippen LogP contribution in [-0.4, -0.2) is 48.4 Å². The Kier molecular flexibility index (Phi) is 7.65. The lowest BCUT2D eigenvalue weighted by molar-refractivity contribution is 0.0787. The van der Waals surface area contributed by atoms with Crippen LogP contribution in [-0.2, 0) is 6.42 Å². The fraction of sp³-hybridized carbons (Fsp3) is 0.241. The summed E-state index contributed by atoms with van der Waals surface area (Å²) >= 11 is 6.26. The molecular formula is C29H30ClN3O3. The van der Waals surface area contributed by atoms with E-state index in [-0.39, 0.29) is 5.91 Å². The van der Waals surface area contributed by atoms with Crippen molar-refractivity contribution in [3.8, 4) is 28.4 Å². The highest BCUT2D eigenvalue weighted by molar-refractivity contribution is 6.30. The van der Waals surface area contributed by atoms with Crippen molar-refractivity contribution in [2.45, 2.75) is 20.3 Å². The molecule has 4 aromatic rings. The van der Waals surface area contributed by atoms with Gasteiger partial charge in [0.1, 0.15) is 5.69 Å². The molecule has 36 heavy (non-hydrogen) atoms. The Morgan fingerprint density at radius 2 is 1.72 bits per heavy atom. The monoisotopic (exact) mass is 503 g/mol. The van der Waals surface area contributed by atoms with Crippen LogP contribution in [0.5, 0.6) is 11.5 Å². The molecule has 0 atom stereocenters. The third-order valence-electron chi connectivity index (χ3n) is 6.31. The van der Waals surface area contributed by atoms with Crippen LogP contribution >= 0.6 is 11.6 Å². The number of benzene rings is 3. The number of methoxy groups -OCH3 is 2. The average molecular weight is 504 g/mol. The van der Waals surface area contributed by atoms with Gasteiger partial charge in [0.15, 0.2) is 11.5 Å². The van der Waals surface area contributed by atoms with Gasteiger partial charge in [-0.25, -0.2) is 4.68 Å². The van der Waals surface area contributed by atoms with Crippen molar-refractivity contribution in [3.63, 3.8) is 0 Å². The number of likely N-dealkylation sites (N-methyl/N-ethyl adjacent to an activating group) is 1. The predicted octanol–water partition coefficient (Wildman–Crippen LogP) is 6.14. The minimum Gasteiger partial charge on any atom is -0.493 e. The Morgan fingerprint density at radius 3 is 2.42 bits per heavy atom. The van der Waals surface area contributed by atoms with E-state index in [0.717, 1.165) is 22.5 Å². The second kappa shape index (κ2) is 10.9. The Hall–Kier alpha value is -3.77. The van der Waals surface area contributed by atoms with Gasteiger partial charge in [0.05, 0.1) is 25.6 Å². The van der Waals surface area contributed by atoms with Gasteiger partial charge in [-0.2, -0.15) is 5.10 Å².